The molecule has 1 atom stereocenters. The predicted octanol–water partition coefficient (Wildman–Crippen LogP) is 2.84. The second kappa shape index (κ2) is 5.40. The SMILES string of the molecule is Cc1ccc(OCC(C(=O)O)c2ccco2)cc1. The van der Waals surface area contributed by atoms with Gasteiger partial charge in [0.05, 0.1) is 6.26 Å². The van der Waals surface area contributed by atoms with Gasteiger partial charge in [-0.25, -0.2) is 0 Å². The molecule has 1 aromatic heterocycles. The second-order valence-electron chi connectivity index (χ2n) is 4.03. The zero-order valence-electron chi connectivity index (χ0n) is 10.00. The average Bonchev–Trinajstić information content (AvgIpc) is 2.85. The van der Waals surface area contributed by atoms with Crippen LogP contribution in [0, 0.1) is 6.92 Å². The zero-order chi connectivity index (χ0) is 13.0. The van der Waals surface area contributed by atoms with Crippen LogP contribution >= 0.6 is 0 Å². The number of carboxylic acid groups (broad SMARTS) is 1. The molecule has 0 saturated carbocycles. The first-order valence-electron chi connectivity index (χ1n) is 5.62. The van der Waals surface area contributed by atoms with E-state index in [-0.39, 0.29) is 6.61 Å². The van der Waals surface area contributed by atoms with Crippen LogP contribution in [0.2, 0.25) is 0 Å². The van der Waals surface area contributed by atoms with Crippen molar-refractivity contribution in [2.75, 3.05) is 6.61 Å². The molecule has 1 N–H and O–H groups in total. The number of ether oxygens (including phenoxy) is 1. The summed E-state index contributed by atoms with van der Waals surface area (Å²) >= 11 is 0. The number of furan rings is 1. The fraction of sp³-hybridized carbons (Fsp3) is 0.214. The highest BCUT2D eigenvalue weighted by molar-refractivity contribution is 5.75. The minimum atomic E-state index is -0.961. The lowest BCUT2D eigenvalue weighted by Gasteiger charge is -2.11. The lowest BCUT2D eigenvalue weighted by Crippen LogP contribution is -2.18. The Hall–Kier alpha value is -2.23. The summed E-state index contributed by atoms with van der Waals surface area (Å²) in [5.41, 5.74) is 1.13. The zero-order valence-corrected chi connectivity index (χ0v) is 10.00. The van der Waals surface area contributed by atoms with Crippen LogP contribution in [-0.2, 0) is 4.79 Å². The molecule has 1 aromatic carbocycles. The van der Waals surface area contributed by atoms with Crippen molar-refractivity contribution in [3.05, 3.63) is 54.0 Å². The summed E-state index contributed by atoms with van der Waals surface area (Å²) in [6.07, 6.45) is 1.46. The Morgan fingerprint density at radius 1 is 1.33 bits per heavy atom. The molecule has 1 unspecified atom stereocenters. The molecular formula is C14H14O4. The lowest BCUT2D eigenvalue weighted by molar-refractivity contribution is -0.140. The van der Waals surface area contributed by atoms with Crippen molar-refractivity contribution in [3.63, 3.8) is 0 Å². The van der Waals surface area contributed by atoms with E-state index < -0.39 is 11.9 Å². The van der Waals surface area contributed by atoms with Gasteiger partial charge in [-0.3, -0.25) is 4.79 Å². The van der Waals surface area contributed by atoms with E-state index in [0.717, 1.165) is 5.56 Å². The monoisotopic (exact) mass is 246 g/mol. The fourth-order valence-electron chi connectivity index (χ4n) is 1.58. The first-order chi connectivity index (χ1) is 8.66. The summed E-state index contributed by atoms with van der Waals surface area (Å²) < 4.78 is 10.6. The third kappa shape index (κ3) is 2.91. The van der Waals surface area contributed by atoms with Gasteiger partial charge >= 0.3 is 5.97 Å². The Morgan fingerprint density at radius 3 is 2.61 bits per heavy atom. The molecule has 1 heterocycles. The first kappa shape index (κ1) is 12.2. The molecule has 94 valence electrons. The third-order valence-electron chi connectivity index (χ3n) is 2.62. The number of benzene rings is 1. The molecule has 2 rings (SSSR count). The Bertz CT molecular complexity index is 499. The van der Waals surface area contributed by atoms with Crippen molar-refractivity contribution < 1.29 is 19.1 Å². The maximum Gasteiger partial charge on any atom is 0.317 e. The molecule has 0 fully saturated rings. The topological polar surface area (TPSA) is 59.7 Å². The van der Waals surface area contributed by atoms with E-state index in [4.69, 9.17) is 14.3 Å². The van der Waals surface area contributed by atoms with E-state index >= 15 is 0 Å². The number of aliphatic carboxylic acids is 1. The van der Waals surface area contributed by atoms with Crippen LogP contribution in [0.1, 0.15) is 17.2 Å². The van der Waals surface area contributed by atoms with E-state index in [1.54, 1.807) is 12.1 Å². The summed E-state index contributed by atoms with van der Waals surface area (Å²) in [5.74, 6) is -0.702. The van der Waals surface area contributed by atoms with E-state index in [1.165, 1.54) is 6.26 Å². The number of rotatable bonds is 5. The van der Waals surface area contributed by atoms with Gasteiger partial charge in [0, 0.05) is 0 Å². The van der Waals surface area contributed by atoms with Gasteiger partial charge < -0.3 is 14.3 Å². The minimum absolute atomic E-state index is 0.0475. The molecule has 0 aliphatic heterocycles. The number of hydrogen-bond acceptors (Lipinski definition) is 3. The van der Waals surface area contributed by atoms with Crippen molar-refractivity contribution in [3.8, 4) is 5.75 Å². The number of carboxylic acids is 1. The smallest absolute Gasteiger partial charge is 0.317 e. The second-order valence-corrected chi connectivity index (χ2v) is 4.03. The van der Waals surface area contributed by atoms with E-state index in [0.29, 0.717) is 11.5 Å². The van der Waals surface area contributed by atoms with Crippen molar-refractivity contribution >= 4 is 5.97 Å². The first-order valence-corrected chi connectivity index (χ1v) is 5.62. The van der Waals surface area contributed by atoms with Crippen molar-refractivity contribution in [2.24, 2.45) is 0 Å². The molecule has 0 bridgehead atoms. The quantitative estimate of drug-likeness (QED) is 0.881. The van der Waals surface area contributed by atoms with E-state index in [1.807, 2.05) is 31.2 Å². The minimum Gasteiger partial charge on any atom is -0.492 e. The van der Waals surface area contributed by atoms with Crippen LogP contribution < -0.4 is 4.74 Å². The maximum atomic E-state index is 11.1. The summed E-state index contributed by atoms with van der Waals surface area (Å²) in [5, 5.41) is 9.13. The number of hydrogen-bond donors (Lipinski definition) is 1. The highest BCUT2D eigenvalue weighted by Crippen LogP contribution is 2.19. The lowest BCUT2D eigenvalue weighted by atomic mass is 10.1. The Kier molecular flexibility index (Phi) is 3.67. The third-order valence-corrected chi connectivity index (χ3v) is 2.62. The van der Waals surface area contributed by atoms with Gasteiger partial charge in [-0.2, -0.15) is 0 Å². The van der Waals surface area contributed by atoms with Crippen LogP contribution in [0.5, 0.6) is 5.75 Å². The largest absolute Gasteiger partial charge is 0.492 e. The Balaban J connectivity index is 2.02. The molecule has 0 amide bonds. The molecule has 0 saturated heterocycles. The maximum absolute atomic E-state index is 11.1. The standard InChI is InChI=1S/C14H14O4/c1-10-4-6-11(7-5-10)18-9-12(14(15)16)13-3-2-8-17-13/h2-8,12H,9H2,1H3,(H,15,16). The van der Waals surface area contributed by atoms with Crippen LogP contribution in [0.4, 0.5) is 0 Å². The van der Waals surface area contributed by atoms with Crippen LogP contribution in [-0.4, -0.2) is 17.7 Å². The van der Waals surface area contributed by atoms with Gasteiger partial charge in [0.1, 0.15) is 24.0 Å². The molecule has 2 aromatic rings. The number of carbonyl (C=O) groups is 1. The Labute approximate surface area is 105 Å². The highest BCUT2D eigenvalue weighted by Gasteiger charge is 2.23. The van der Waals surface area contributed by atoms with Crippen LogP contribution in [0.15, 0.2) is 47.1 Å². The molecule has 18 heavy (non-hydrogen) atoms. The molecule has 0 radical (unpaired) electrons. The van der Waals surface area contributed by atoms with Gasteiger partial charge in [-0.05, 0) is 31.2 Å². The highest BCUT2D eigenvalue weighted by atomic mass is 16.5. The van der Waals surface area contributed by atoms with E-state index in [9.17, 15) is 4.79 Å². The molecule has 0 aliphatic rings. The Morgan fingerprint density at radius 2 is 2.06 bits per heavy atom. The predicted molar refractivity (Wildman–Crippen MR) is 65.8 cm³/mol. The summed E-state index contributed by atoms with van der Waals surface area (Å²) in [6.45, 7) is 2.03. The molecule has 0 aliphatic carbocycles. The average molecular weight is 246 g/mol. The van der Waals surface area contributed by atoms with Gasteiger partial charge in [-0.15, -0.1) is 0 Å². The molecule has 4 heteroatoms. The summed E-state index contributed by atoms with van der Waals surface area (Å²) in [4.78, 5) is 11.1. The van der Waals surface area contributed by atoms with Crippen LogP contribution in [0.25, 0.3) is 0 Å². The van der Waals surface area contributed by atoms with Crippen molar-refractivity contribution in [2.45, 2.75) is 12.8 Å². The molecule has 4 nitrogen and oxygen atoms in total. The van der Waals surface area contributed by atoms with Gasteiger partial charge in [0.2, 0.25) is 0 Å². The number of aryl methyl sites for hydroxylation is 1. The van der Waals surface area contributed by atoms with Crippen molar-refractivity contribution in [1.82, 2.24) is 0 Å². The van der Waals surface area contributed by atoms with Crippen LogP contribution in [0.3, 0.4) is 0 Å². The fourth-order valence-corrected chi connectivity index (χ4v) is 1.58. The van der Waals surface area contributed by atoms with Gasteiger partial charge in [0.15, 0.2) is 0 Å². The van der Waals surface area contributed by atoms with Crippen molar-refractivity contribution in [1.29, 1.82) is 0 Å². The van der Waals surface area contributed by atoms with Gasteiger partial charge in [-0.1, -0.05) is 17.7 Å². The summed E-state index contributed by atoms with van der Waals surface area (Å²) in [7, 11) is 0. The van der Waals surface area contributed by atoms with E-state index in [2.05, 4.69) is 0 Å². The van der Waals surface area contributed by atoms with Gasteiger partial charge in [0.25, 0.3) is 0 Å². The normalized spacial score (nSPS) is 12.1. The molecular weight excluding hydrogens is 232 g/mol. The summed E-state index contributed by atoms with van der Waals surface area (Å²) in [6, 6.07) is 10.8. The molecule has 0 spiro atoms.